The van der Waals surface area contributed by atoms with Crippen LogP contribution in [0.2, 0.25) is 0 Å². The summed E-state index contributed by atoms with van der Waals surface area (Å²) in [6, 6.07) is 0. The van der Waals surface area contributed by atoms with Crippen LogP contribution in [0, 0.1) is 24.0 Å². The minimum Gasteiger partial charge on any atom is -0.462 e. The van der Waals surface area contributed by atoms with Crippen molar-refractivity contribution in [3.05, 3.63) is 27.1 Å². The molecule has 0 radical (unpaired) electrons. The first-order chi connectivity index (χ1) is 6.99. The van der Waals surface area contributed by atoms with E-state index in [0.29, 0.717) is 11.4 Å². The second-order valence-electron chi connectivity index (χ2n) is 3.08. The molecule has 1 heterocycles. The first kappa shape index (κ1) is 11.2. The monoisotopic (exact) mass is 212 g/mol. The van der Waals surface area contributed by atoms with Gasteiger partial charge in [-0.15, -0.1) is 0 Å². The fourth-order valence-corrected chi connectivity index (χ4v) is 1.45. The SMILES string of the molecule is CCOC(=O)c1c(C)[nH]c(C)c1[N+](=O)[O-]. The number of H-pyrrole nitrogens is 1. The maximum atomic E-state index is 11.5. The van der Waals surface area contributed by atoms with Crippen LogP contribution in [-0.2, 0) is 4.74 Å². The molecule has 0 fully saturated rings. The Labute approximate surface area is 86.4 Å². The van der Waals surface area contributed by atoms with E-state index < -0.39 is 10.9 Å². The number of aryl methyl sites for hydroxylation is 2. The van der Waals surface area contributed by atoms with Gasteiger partial charge >= 0.3 is 11.7 Å². The summed E-state index contributed by atoms with van der Waals surface area (Å²) in [6.07, 6.45) is 0. The number of ether oxygens (including phenoxy) is 1. The van der Waals surface area contributed by atoms with Crippen LogP contribution in [0.5, 0.6) is 0 Å². The smallest absolute Gasteiger partial charge is 0.347 e. The number of nitrogens with one attached hydrogen (secondary N) is 1. The Balaban J connectivity index is 3.26. The third-order valence-corrected chi connectivity index (χ3v) is 2.00. The molecule has 1 aromatic rings. The fourth-order valence-electron chi connectivity index (χ4n) is 1.45. The topological polar surface area (TPSA) is 85.2 Å². The number of aromatic amines is 1. The van der Waals surface area contributed by atoms with Gasteiger partial charge in [-0.1, -0.05) is 0 Å². The van der Waals surface area contributed by atoms with Gasteiger partial charge in [0, 0.05) is 5.69 Å². The van der Waals surface area contributed by atoms with Crippen molar-refractivity contribution >= 4 is 11.7 Å². The Morgan fingerprint density at radius 1 is 1.47 bits per heavy atom. The predicted octanol–water partition coefficient (Wildman–Crippen LogP) is 1.72. The molecule has 0 unspecified atom stereocenters. The molecule has 0 aliphatic heterocycles. The van der Waals surface area contributed by atoms with Crippen LogP contribution in [0.1, 0.15) is 28.7 Å². The molecular weight excluding hydrogens is 200 g/mol. The lowest BCUT2D eigenvalue weighted by Gasteiger charge is -1.99. The number of esters is 1. The van der Waals surface area contributed by atoms with Crippen molar-refractivity contribution in [1.29, 1.82) is 0 Å². The second kappa shape index (κ2) is 4.12. The molecule has 1 aromatic heterocycles. The van der Waals surface area contributed by atoms with Gasteiger partial charge in [-0.3, -0.25) is 10.1 Å². The molecule has 0 aromatic carbocycles. The number of carbonyl (C=O) groups is 1. The quantitative estimate of drug-likeness (QED) is 0.469. The van der Waals surface area contributed by atoms with Gasteiger partial charge in [-0.25, -0.2) is 4.79 Å². The number of hydrogen-bond donors (Lipinski definition) is 1. The van der Waals surface area contributed by atoms with E-state index in [1.165, 1.54) is 0 Å². The second-order valence-corrected chi connectivity index (χ2v) is 3.08. The van der Waals surface area contributed by atoms with Crippen molar-refractivity contribution in [2.75, 3.05) is 6.61 Å². The van der Waals surface area contributed by atoms with Crippen molar-refractivity contribution < 1.29 is 14.5 Å². The molecule has 6 heteroatoms. The molecule has 1 N–H and O–H groups in total. The van der Waals surface area contributed by atoms with Gasteiger partial charge in [-0.2, -0.15) is 0 Å². The Morgan fingerprint density at radius 2 is 2.07 bits per heavy atom. The van der Waals surface area contributed by atoms with Crippen LogP contribution in [0.15, 0.2) is 0 Å². The highest BCUT2D eigenvalue weighted by Crippen LogP contribution is 2.26. The van der Waals surface area contributed by atoms with Gasteiger partial charge in [0.1, 0.15) is 0 Å². The summed E-state index contributed by atoms with van der Waals surface area (Å²) in [4.78, 5) is 24.4. The summed E-state index contributed by atoms with van der Waals surface area (Å²) in [5.74, 6) is -0.661. The van der Waals surface area contributed by atoms with E-state index in [-0.39, 0.29) is 17.9 Å². The number of nitrogens with zero attached hydrogens (tertiary/aromatic N) is 1. The average Bonchev–Trinajstić information content (AvgIpc) is 2.41. The van der Waals surface area contributed by atoms with Gasteiger partial charge < -0.3 is 9.72 Å². The Morgan fingerprint density at radius 3 is 2.53 bits per heavy atom. The molecule has 0 aliphatic rings. The van der Waals surface area contributed by atoms with Gasteiger partial charge in [0.25, 0.3) is 0 Å². The summed E-state index contributed by atoms with van der Waals surface area (Å²) in [5.41, 5.74) is 0.628. The summed E-state index contributed by atoms with van der Waals surface area (Å²) in [7, 11) is 0. The van der Waals surface area contributed by atoms with Crippen molar-refractivity contribution in [2.24, 2.45) is 0 Å². The summed E-state index contributed by atoms with van der Waals surface area (Å²) in [5, 5.41) is 10.7. The maximum Gasteiger partial charge on any atom is 0.347 e. The predicted molar refractivity (Wildman–Crippen MR) is 52.9 cm³/mol. The highest BCUT2D eigenvalue weighted by atomic mass is 16.6. The van der Waals surface area contributed by atoms with Gasteiger partial charge in [0.15, 0.2) is 5.56 Å². The van der Waals surface area contributed by atoms with E-state index in [4.69, 9.17) is 4.74 Å². The normalized spacial score (nSPS) is 10.1. The molecule has 0 atom stereocenters. The molecular formula is C9H12N2O4. The third kappa shape index (κ3) is 1.98. The molecule has 82 valence electrons. The highest BCUT2D eigenvalue weighted by Gasteiger charge is 2.28. The van der Waals surface area contributed by atoms with Crippen molar-refractivity contribution in [3.8, 4) is 0 Å². The van der Waals surface area contributed by atoms with E-state index >= 15 is 0 Å². The van der Waals surface area contributed by atoms with E-state index in [1.807, 2.05) is 0 Å². The Hall–Kier alpha value is -1.85. The summed E-state index contributed by atoms with van der Waals surface area (Å²) in [6.45, 7) is 5.00. The number of hydrogen-bond acceptors (Lipinski definition) is 4. The minimum atomic E-state index is -0.661. The number of nitro groups is 1. The van der Waals surface area contributed by atoms with Crippen LogP contribution in [0.3, 0.4) is 0 Å². The number of aromatic nitrogens is 1. The van der Waals surface area contributed by atoms with E-state index in [1.54, 1.807) is 20.8 Å². The fraction of sp³-hybridized carbons (Fsp3) is 0.444. The van der Waals surface area contributed by atoms with Crippen molar-refractivity contribution in [3.63, 3.8) is 0 Å². The first-order valence-electron chi connectivity index (χ1n) is 4.49. The lowest BCUT2D eigenvalue weighted by atomic mass is 10.2. The molecule has 0 amide bonds. The maximum absolute atomic E-state index is 11.5. The van der Waals surface area contributed by atoms with Gasteiger partial charge in [0.05, 0.1) is 17.2 Å². The molecule has 15 heavy (non-hydrogen) atoms. The summed E-state index contributed by atoms with van der Waals surface area (Å²) >= 11 is 0. The lowest BCUT2D eigenvalue weighted by Crippen LogP contribution is -2.07. The molecule has 0 saturated heterocycles. The van der Waals surface area contributed by atoms with Crippen LogP contribution in [0.25, 0.3) is 0 Å². The molecule has 0 aliphatic carbocycles. The van der Waals surface area contributed by atoms with Crippen molar-refractivity contribution in [2.45, 2.75) is 20.8 Å². The zero-order valence-corrected chi connectivity index (χ0v) is 8.79. The molecule has 0 saturated carbocycles. The largest absolute Gasteiger partial charge is 0.462 e. The first-order valence-corrected chi connectivity index (χ1v) is 4.49. The van der Waals surface area contributed by atoms with Crippen LogP contribution >= 0.6 is 0 Å². The zero-order valence-electron chi connectivity index (χ0n) is 8.79. The number of rotatable bonds is 3. The molecule has 1 rings (SSSR count). The molecule has 0 bridgehead atoms. The standard InChI is InChI=1S/C9H12N2O4/c1-4-15-9(12)7-5(2)10-6(3)8(7)11(13)14/h10H,4H2,1-3H3. The van der Waals surface area contributed by atoms with Crippen LogP contribution < -0.4 is 0 Å². The lowest BCUT2D eigenvalue weighted by molar-refractivity contribution is -0.385. The molecule has 0 spiro atoms. The van der Waals surface area contributed by atoms with Crippen LogP contribution in [0.4, 0.5) is 5.69 Å². The zero-order chi connectivity index (χ0) is 11.6. The van der Waals surface area contributed by atoms with Gasteiger partial charge in [0.2, 0.25) is 0 Å². The number of carbonyl (C=O) groups excluding carboxylic acids is 1. The summed E-state index contributed by atoms with van der Waals surface area (Å²) < 4.78 is 4.75. The van der Waals surface area contributed by atoms with Crippen LogP contribution in [-0.4, -0.2) is 22.5 Å². The van der Waals surface area contributed by atoms with E-state index in [0.717, 1.165) is 0 Å². The van der Waals surface area contributed by atoms with Gasteiger partial charge in [-0.05, 0) is 20.8 Å². The third-order valence-electron chi connectivity index (χ3n) is 2.00. The van der Waals surface area contributed by atoms with E-state index in [2.05, 4.69) is 4.98 Å². The van der Waals surface area contributed by atoms with Crippen molar-refractivity contribution in [1.82, 2.24) is 4.98 Å². The van der Waals surface area contributed by atoms with E-state index in [9.17, 15) is 14.9 Å². The minimum absolute atomic E-state index is 0.0133. The Kier molecular flexibility index (Phi) is 3.08. The Bertz CT molecular complexity index is 408. The molecule has 6 nitrogen and oxygen atoms in total. The highest BCUT2D eigenvalue weighted by molar-refractivity contribution is 5.96. The average molecular weight is 212 g/mol.